The first-order valence-electron chi connectivity index (χ1n) is 8.65. The number of amides is 2. The number of aliphatic hydroxyl groups excluding tert-OH is 2. The predicted molar refractivity (Wildman–Crippen MR) is 102 cm³/mol. The molecule has 0 fully saturated rings. The van der Waals surface area contributed by atoms with Crippen LogP contribution in [0.15, 0.2) is 30.3 Å². The Bertz CT molecular complexity index is 906. The first-order chi connectivity index (χ1) is 13.5. The maximum atomic E-state index is 12.4. The molecule has 3 N–H and O–H groups in total. The van der Waals surface area contributed by atoms with Crippen LogP contribution in [-0.2, 0) is 17.7 Å². The standard InChI is InChI=1S/C19H19N3O5S/c20-8-15-14-6-7-22(19(26)27-11-13(24)10-23)9-16(14)28-18(15)21-17(25)12-4-2-1-3-5-12/h1-5,13,23-24H,6-7,9-11H2,(H,21,25). The quantitative estimate of drug-likeness (QED) is 0.701. The number of anilines is 1. The fraction of sp³-hybridized carbons (Fsp3) is 0.316. The van der Waals surface area contributed by atoms with E-state index in [1.54, 1.807) is 24.3 Å². The van der Waals surface area contributed by atoms with E-state index in [0.29, 0.717) is 29.1 Å². The zero-order valence-electron chi connectivity index (χ0n) is 14.9. The number of carbonyl (C=O) groups excluding carboxylic acids is 2. The minimum Gasteiger partial charge on any atom is -0.447 e. The molecule has 9 heteroatoms. The molecule has 1 unspecified atom stereocenters. The van der Waals surface area contributed by atoms with Crippen LogP contribution in [-0.4, -0.2) is 53.0 Å². The molecule has 146 valence electrons. The maximum absolute atomic E-state index is 12.4. The maximum Gasteiger partial charge on any atom is 0.410 e. The lowest BCUT2D eigenvalue weighted by Gasteiger charge is -2.26. The number of nitriles is 1. The topological polar surface area (TPSA) is 123 Å². The molecule has 1 aromatic carbocycles. The van der Waals surface area contributed by atoms with Gasteiger partial charge in [0.25, 0.3) is 5.91 Å². The van der Waals surface area contributed by atoms with Gasteiger partial charge in [-0.05, 0) is 24.1 Å². The van der Waals surface area contributed by atoms with Crippen molar-refractivity contribution in [3.05, 3.63) is 51.9 Å². The number of aliphatic hydroxyl groups is 2. The minimum atomic E-state index is -1.11. The Kier molecular flexibility index (Phi) is 6.26. The lowest BCUT2D eigenvalue weighted by atomic mass is 10.0. The average Bonchev–Trinajstić information content (AvgIpc) is 3.08. The molecule has 0 radical (unpaired) electrons. The van der Waals surface area contributed by atoms with Crippen molar-refractivity contribution in [1.29, 1.82) is 5.26 Å². The summed E-state index contributed by atoms with van der Waals surface area (Å²) in [7, 11) is 0. The van der Waals surface area contributed by atoms with E-state index in [-0.39, 0.29) is 19.1 Å². The monoisotopic (exact) mass is 401 g/mol. The lowest BCUT2D eigenvalue weighted by molar-refractivity contribution is 0.0188. The van der Waals surface area contributed by atoms with Crippen molar-refractivity contribution < 1.29 is 24.5 Å². The summed E-state index contributed by atoms with van der Waals surface area (Å²) in [5.74, 6) is -0.301. The first kappa shape index (κ1) is 19.8. The number of nitrogens with one attached hydrogen (secondary N) is 1. The SMILES string of the molecule is N#Cc1c(NC(=O)c2ccccc2)sc2c1CCN(C(=O)OCC(O)CO)C2. The molecule has 2 amide bonds. The molecular weight excluding hydrogens is 382 g/mol. The smallest absolute Gasteiger partial charge is 0.410 e. The van der Waals surface area contributed by atoms with Crippen LogP contribution < -0.4 is 5.32 Å². The molecule has 1 aliphatic heterocycles. The first-order valence-corrected chi connectivity index (χ1v) is 9.46. The molecule has 1 aliphatic rings. The highest BCUT2D eigenvalue weighted by atomic mass is 32.1. The number of rotatable bonds is 5. The molecule has 0 spiro atoms. The van der Waals surface area contributed by atoms with Gasteiger partial charge in [-0.25, -0.2) is 4.79 Å². The van der Waals surface area contributed by atoms with Gasteiger partial charge in [0.05, 0.1) is 18.7 Å². The summed E-state index contributed by atoms with van der Waals surface area (Å²) >= 11 is 1.27. The van der Waals surface area contributed by atoms with E-state index in [4.69, 9.17) is 9.84 Å². The van der Waals surface area contributed by atoms with E-state index >= 15 is 0 Å². The highest BCUT2D eigenvalue weighted by molar-refractivity contribution is 7.16. The minimum absolute atomic E-state index is 0.254. The van der Waals surface area contributed by atoms with Crippen LogP contribution in [0.3, 0.4) is 0 Å². The molecule has 3 rings (SSSR count). The number of carbonyl (C=O) groups is 2. The molecular formula is C19H19N3O5S. The second kappa shape index (κ2) is 8.84. The molecule has 2 aromatic rings. The Morgan fingerprint density at radius 3 is 2.79 bits per heavy atom. The zero-order chi connectivity index (χ0) is 20.1. The molecule has 1 aromatic heterocycles. The summed E-state index contributed by atoms with van der Waals surface area (Å²) in [5, 5.41) is 30.9. The number of hydrogen-bond acceptors (Lipinski definition) is 7. The molecule has 1 atom stereocenters. The van der Waals surface area contributed by atoms with E-state index in [1.165, 1.54) is 16.2 Å². The largest absolute Gasteiger partial charge is 0.447 e. The van der Waals surface area contributed by atoms with Crippen LogP contribution in [0.25, 0.3) is 0 Å². The second-order valence-corrected chi connectivity index (χ2v) is 7.33. The number of benzene rings is 1. The van der Waals surface area contributed by atoms with Gasteiger partial charge < -0.3 is 25.2 Å². The third-order valence-corrected chi connectivity index (χ3v) is 5.43. The summed E-state index contributed by atoms with van der Waals surface area (Å²) < 4.78 is 4.98. The molecule has 8 nitrogen and oxygen atoms in total. The predicted octanol–water partition coefficient (Wildman–Crippen LogP) is 1.72. The van der Waals surface area contributed by atoms with Gasteiger partial charge in [0, 0.05) is 17.0 Å². The van der Waals surface area contributed by atoms with Crippen molar-refractivity contribution in [3.63, 3.8) is 0 Å². The van der Waals surface area contributed by atoms with Crippen molar-refractivity contribution in [2.24, 2.45) is 0 Å². The molecule has 0 saturated carbocycles. The Morgan fingerprint density at radius 1 is 1.36 bits per heavy atom. The second-order valence-electron chi connectivity index (χ2n) is 6.22. The van der Waals surface area contributed by atoms with Crippen LogP contribution in [0.1, 0.15) is 26.4 Å². The third-order valence-electron chi connectivity index (χ3n) is 4.30. The average molecular weight is 401 g/mol. The molecule has 2 heterocycles. The fourth-order valence-corrected chi connectivity index (χ4v) is 4.05. The van der Waals surface area contributed by atoms with Gasteiger partial charge in [0.15, 0.2) is 0 Å². The molecule has 28 heavy (non-hydrogen) atoms. The lowest BCUT2D eigenvalue weighted by Crippen LogP contribution is -2.37. The summed E-state index contributed by atoms with van der Waals surface area (Å²) in [6.45, 7) is -0.161. The van der Waals surface area contributed by atoms with Crippen molar-refractivity contribution in [2.45, 2.75) is 19.1 Å². The van der Waals surface area contributed by atoms with Crippen molar-refractivity contribution in [3.8, 4) is 6.07 Å². The summed E-state index contributed by atoms with van der Waals surface area (Å²) in [6, 6.07) is 10.9. The normalized spacial score (nSPS) is 14.0. The summed E-state index contributed by atoms with van der Waals surface area (Å²) in [4.78, 5) is 26.8. The molecule has 0 bridgehead atoms. The van der Waals surface area contributed by atoms with Crippen molar-refractivity contribution >= 4 is 28.3 Å². The van der Waals surface area contributed by atoms with Gasteiger partial charge in [-0.1, -0.05) is 18.2 Å². The summed E-state index contributed by atoms with van der Waals surface area (Å²) in [5.41, 5.74) is 1.74. The Morgan fingerprint density at radius 2 is 2.11 bits per heavy atom. The van der Waals surface area contributed by atoms with Gasteiger partial charge >= 0.3 is 6.09 Å². The van der Waals surface area contributed by atoms with Gasteiger partial charge in [-0.3, -0.25) is 4.79 Å². The van der Waals surface area contributed by atoms with E-state index < -0.39 is 18.8 Å². The Balaban J connectivity index is 1.72. The van der Waals surface area contributed by atoms with Gasteiger partial charge in [-0.2, -0.15) is 5.26 Å². The molecule has 0 saturated heterocycles. The number of ether oxygens (including phenoxy) is 1. The van der Waals surface area contributed by atoms with E-state index in [2.05, 4.69) is 11.4 Å². The van der Waals surface area contributed by atoms with Crippen LogP contribution in [0, 0.1) is 11.3 Å². The summed E-state index contributed by atoms with van der Waals surface area (Å²) in [6.07, 6.45) is -1.25. The van der Waals surface area contributed by atoms with Gasteiger partial charge in [0.1, 0.15) is 23.8 Å². The molecule has 0 aliphatic carbocycles. The van der Waals surface area contributed by atoms with Gasteiger partial charge in [0.2, 0.25) is 0 Å². The fourth-order valence-electron chi connectivity index (χ4n) is 2.84. The number of nitrogens with zero attached hydrogens (tertiary/aromatic N) is 2. The van der Waals surface area contributed by atoms with E-state index in [9.17, 15) is 20.0 Å². The third kappa shape index (κ3) is 4.31. The highest BCUT2D eigenvalue weighted by Crippen LogP contribution is 2.37. The number of hydrogen-bond donors (Lipinski definition) is 3. The number of fused-ring (bicyclic) bond motifs is 1. The van der Waals surface area contributed by atoms with Crippen LogP contribution in [0.4, 0.5) is 9.80 Å². The highest BCUT2D eigenvalue weighted by Gasteiger charge is 2.28. The van der Waals surface area contributed by atoms with Crippen LogP contribution >= 0.6 is 11.3 Å². The van der Waals surface area contributed by atoms with Gasteiger partial charge in [-0.15, -0.1) is 11.3 Å². The van der Waals surface area contributed by atoms with E-state index in [1.807, 2.05) is 6.07 Å². The Hall–Kier alpha value is -2.93. The number of thiophene rings is 1. The Labute approximate surface area is 165 Å². The zero-order valence-corrected chi connectivity index (χ0v) is 15.7. The van der Waals surface area contributed by atoms with Crippen molar-refractivity contribution in [1.82, 2.24) is 4.90 Å². The van der Waals surface area contributed by atoms with E-state index in [0.717, 1.165) is 10.4 Å². The van der Waals surface area contributed by atoms with Crippen molar-refractivity contribution in [2.75, 3.05) is 25.1 Å². The van der Waals surface area contributed by atoms with Crippen LogP contribution in [0.2, 0.25) is 0 Å². The van der Waals surface area contributed by atoms with Crippen LogP contribution in [0.5, 0.6) is 0 Å².